The number of anilines is 3. The number of thiazole rings is 1. The van der Waals surface area contributed by atoms with Crippen LogP contribution in [-0.2, 0) is 0 Å². The maximum atomic E-state index is 5.58. The lowest BCUT2D eigenvalue weighted by atomic mass is 9.89. The molecule has 0 saturated heterocycles. The third-order valence-electron chi connectivity index (χ3n) is 4.14. The van der Waals surface area contributed by atoms with Gasteiger partial charge in [0.15, 0.2) is 0 Å². The van der Waals surface area contributed by atoms with Gasteiger partial charge in [0.2, 0.25) is 5.13 Å². The summed E-state index contributed by atoms with van der Waals surface area (Å²) in [4.78, 5) is 6.40. The highest BCUT2D eigenvalue weighted by Crippen LogP contribution is 2.37. The number of fused-ring (bicyclic) bond motifs is 1. The molecule has 0 atom stereocenters. The maximum absolute atomic E-state index is 5.58. The van der Waals surface area contributed by atoms with Crippen LogP contribution >= 0.6 is 11.3 Å². The number of nitrogens with one attached hydrogen (secondary N) is 1. The van der Waals surface area contributed by atoms with Gasteiger partial charge in [-0.25, -0.2) is 4.98 Å². The summed E-state index contributed by atoms with van der Waals surface area (Å²) >= 11 is 1.43. The predicted molar refractivity (Wildman–Crippen MR) is 100 cm³/mol. The molecule has 0 bridgehead atoms. The molecule has 3 rings (SSSR count). The number of rotatable bonds is 3. The molecule has 0 fully saturated rings. The molecule has 0 aliphatic carbocycles. The van der Waals surface area contributed by atoms with Gasteiger partial charge in [-0.05, 0) is 44.0 Å². The minimum absolute atomic E-state index is 0.0268. The van der Waals surface area contributed by atoms with Crippen molar-refractivity contribution in [3.05, 3.63) is 40.8 Å². The van der Waals surface area contributed by atoms with Crippen LogP contribution in [0.1, 0.15) is 31.9 Å². The Morgan fingerprint density at radius 3 is 2.87 bits per heavy atom. The maximum Gasteiger partial charge on any atom is 0.205 e. The fourth-order valence-corrected chi connectivity index (χ4v) is 3.31. The molecule has 1 aliphatic rings. The van der Waals surface area contributed by atoms with E-state index in [0.717, 1.165) is 5.56 Å². The molecule has 1 aliphatic heterocycles. The smallest absolute Gasteiger partial charge is 0.205 e. The van der Waals surface area contributed by atoms with Crippen LogP contribution < -0.4 is 16.1 Å². The Balaban J connectivity index is 1.83. The Bertz CT molecular complexity index is 788. The number of nitrogens with two attached hydrogens (primary N) is 1. The number of likely N-dealkylation sites (N-methyl/N-ethyl adjacent to an activating group) is 1. The molecule has 1 aromatic heterocycles. The normalized spacial score (nSPS) is 16.3. The van der Waals surface area contributed by atoms with E-state index >= 15 is 0 Å². The Morgan fingerprint density at radius 2 is 2.17 bits per heavy atom. The van der Waals surface area contributed by atoms with Crippen molar-refractivity contribution in [2.75, 3.05) is 23.1 Å². The minimum atomic E-state index is 0.0268. The second-order valence-corrected chi connectivity index (χ2v) is 7.12. The number of nitrogen functional groups attached to an aromatic ring is 1. The van der Waals surface area contributed by atoms with Crippen molar-refractivity contribution in [3.8, 4) is 0 Å². The van der Waals surface area contributed by atoms with Gasteiger partial charge in [-0.15, -0.1) is 11.3 Å². The number of nitrogens with zero attached hydrogens (tertiary/aromatic N) is 3. The molecule has 5 nitrogen and oxygen atoms in total. The summed E-state index contributed by atoms with van der Waals surface area (Å²) in [7, 11) is 2.13. The van der Waals surface area contributed by atoms with Crippen LogP contribution in [0.25, 0.3) is 5.57 Å². The van der Waals surface area contributed by atoms with Gasteiger partial charge in [0, 0.05) is 23.7 Å². The van der Waals surface area contributed by atoms with Crippen molar-refractivity contribution in [2.24, 2.45) is 5.10 Å². The number of hydrogen-bond donors (Lipinski definition) is 2. The first-order valence-electron chi connectivity index (χ1n) is 7.44. The van der Waals surface area contributed by atoms with Crippen molar-refractivity contribution in [3.63, 3.8) is 0 Å². The molecule has 3 N–H and O–H groups in total. The van der Waals surface area contributed by atoms with Crippen molar-refractivity contribution in [1.29, 1.82) is 0 Å². The van der Waals surface area contributed by atoms with Crippen molar-refractivity contribution in [2.45, 2.75) is 26.3 Å². The standard InChI is InChI=1S/C17H21N5S/c1-11-8-17(2,3)22(4)14-6-5-12(7-13(11)14)9-19-21-16-20-15(18)10-23-16/h5-10H,18H2,1-4H3,(H,20,21). The number of benzene rings is 1. The number of allylic oxidation sites excluding steroid dienone is 1. The van der Waals surface area contributed by atoms with Crippen LogP contribution in [0, 0.1) is 0 Å². The van der Waals surface area contributed by atoms with Gasteiger partial charge < -0.3 is 10.6 Å². The van der Waals surface area contributed by atoms with E-state index in [1.807, 2.05) is 0 Å². The molecule has 6 heteroatoms. The summed E-state index contributed by atoms with van der Waals surface area (Å²) < 4.78 is 0. The third kappa shape index (κ3) is 3.07. The van der Waals surface area contributed by atoms with Gasteiger partial charge in [-0.3, -0.25) is 5.43 Å². The predicted octanol–water partition coefficient (Wildman–Crippen LogP) is 3.80. The lowest BCUT2D eigenvalue weighted by Crippen LogP contribution is -2.42. The Labute approximate surface area is 140 Å². The summed E-state index contributed by atoms with van der Waals surface area (Å²) in [5, 5.41) is 6.70. The number of hydrogen-bond acceptors (Lipinski definition) is 6. The van der Waals surface area contributed by atoms with E-state index in [2.05, 4.69) is 72.5 Å². The quantitative estimate of drug-likeness (QED) is 0.664. The van der Waals surface area contributed by atoms with E-state index in [-0.39, 0.29) is 5.54 Å². The SMILES string of the molecule is CC1=CC(C)(C)N(C)c2ccc(C=NNc3nc(N)cs3)cc21. The zero-order chi connectivity index (χ0) is 16.6. The van der Waals surface area contributed by atoms with Crippen LogP contribution in [-0.4, -0.2) is 23.8 Å². The first-order valence-corrected chi connectivity index (χ1v) is 8.32. The average molecular weight is 327 g/mol. The largest absolute Gasteiger partial charge is 0.383 e. The Hall–Kier alpha value is -2.34. The molecular formula is C17H21N5S. The fourth-order valence-electron chi connectivity index (χ4n) is 2.76. The zero-order valence-corrected chi connectivity index (χ0v) is 14.6. The molecule has 2 heterocycles. The van der Waals surface area contributed by atoms with Gasteiger partial charge in [0.05, 0.1) is 11.8 Å². The Kier molecular flexibility index (Phi) is 3.85. The summed E-state index contributed by atoms with van der Waals surface area (Å²) in [6, 6.07) is 6.38. The third-order valence-corrected chi connectivity index (χ3v) is 4.90. The molecule has 2 aromatic rings. The van der Waals surface area contributed by atoms with Crippen LogP contribution in [0.15, 0.2) is 34.8 Å². The molecule has 23 heavy (non-hydrogen) atoms. The van der Waals surface area contributed by atoms with Crippen molar-refractivity contribution in [1.82, 2.24) is 4.98 Å². The van der Waals surface area contributed by atoms with Gasteiger partial charge in [-0.1, -0.05) is 12.1 Å². The van der Waals surface area contributed by atoms with E-state index in [9.17, 15) is 0 Å². The molecule has 120 valence electrons. The number of hydrazone groups is 1. The first kappa shape index (κ1) is 15.6. The molecule has 0 saturated carbocycles. The van der Waals surface area contributed by atoms with Crippen LogP contribution in [0.2, 0.25) is 0 Å². The van der Waals surface area contributed by atoms with E-state index in [1.54, 1.807) is 11.6 Å². The highest BCUT2D eigenvalue weighted by molar-refractivity contribution is 7.14. The fraction of sp³-hybridized carbons (Fsp3) is 0.294. The van der Waals surface area contributed by atoms with E-state index < -0.39 is 0 Å². The van der Waals surface area contributed by atoms with E-state index in [1.165, 1.54) is 28.2 Å². The lowest BCUT2D eigenvalue weighted by Gasteiger charge is -2.40. The van der Waals surface area contributed by atoms with Crippen LogP contribution in [0.3, 0.4) is 0 Å². The van der Waals surface area contributed by atoms with Gasteiger partial charge in [0.25, 0.3) is 0 Å². The summed E-state index contributed by atoms with van der Waals surface area (Å²) in [6.07, 6.45) is 4.09. The highest BCUT2D eigenvalue weighted by Gasteiger charge is 2.28. The summed E-state index contributed by atoms with van der Waals surface area (Å²) in [5.41, 5.74) is 13.3. The second kappa shape index (κ2) is 5.70. The zero-order valence-electron chi connectivity index (χ0n) is 13.8. The summed E-state index contributed by atoms with van der Waals surface area (Å²) in [6.45, 7) is 6.60. The topological polar surface area (TPSA) is 66.5 Å². The average Bonchev–Trinajstić information content (AvgIpc) is 2.90. The molecule has 1 aromatic carbocycles. The highest BCUT2D eigenvalue weighted by atomic mass is 32.1. The van der Waals surface area contributed by atoms with Crippen LogP contribution in [0.4, 0.5) is 16.6 Å². The molecule has 0 spiro atoms. The molecule has 0 amide bonds. The molecule has 0 radical (unpaired) electrons. The number of aromatic nitrogens is 1. The second-order valence-electron chi connectivity index (χ2n) is 6.26. The summed E-state index contributed by atoms with van der Waals surface area (Å²) in [5.74, 6) is 0.507. The minimum Gasteiger partial charge on any atom is -0.383 e. The monoisotopic (exact) mass is 327 g/mol. The molecular weight excluding hydrogens is 306 g/mol. The van der Waals surface area contributed by atoms with Crippen molar-refractivity contribution < 1.29 is 0 Å². The van der Waals surface area contributed by atoms with Gasteiger partial charge in [0.1, 0.15) is 5.82 Å². The molecule has 0 unspecified atom stereocenters. The van der Waals surface area contributed by atoms with E-state index in [0.29, 0.717) is 10.9 Å². The van der Waals surface area contributed by atoms with Gasteiger partial charge in [-0.2, -0.15) is 5.10 Å². The van der Waals surface area contributed by atoms with E-state index in [4.69, 9.17) is 5.73 Å². The van der Waals surface area contributed by atoms with Gasteiger partial charge >= 0.3 is 0 Å². The van der Waals surface area contributed by atoms with Crippen LogP contribution in [0.5, 0.6) is 0 Å². The Morgan fingerprint density at radius 1 is 1.39 bits per heavy atom. The first-order chi connectivity index (χ1) is 10.9. The van der Waals surface area contributed by atoms with Crippen molar-refractivity contribution >= 4 is 39.8 Å². The lowest BCUT2D eigenvalue weighted by molar-refractivity contribution is 0.598.